The zero-order valence-corrected chi connectivity index (χ0v) is 20.3. The number of nitrogens with zero attached hydrogens (tertiary/aromatic N) is 3. The van der Waals surface area contributed by atoms with Crippen molar-refractivity contribution in [2.45, 2.75) is 40.2 Å². The molecule has 7 nitrogen and oxygen atoms in total. The standard InChI is InChI=1S/C24H36N6OS/c1-4-10-29(11-5-2)21-16-22(28-26-18-20-8-6-7-19(3)15-20)27-23(17-21)31-14-13-30-12-9-25-24(30)32/h6-8,15-17,26H,4-5,9-14,18H2,1-3H3,(H,25,32)(H,27,28). The minimum atomic E-state index is 0.538. The Labute approximate surface area is 197 Å². The minimum Gasteiger partial charge on any atom is -0.476 e. The highest BCUT2D eigenvalue weighted by molar-refractivity contribution is 7.80. The van der Waals surface area contributed by atoms with Crippen molar-refractivity contribution in [2.24, 2.45) is 0 Å². The zero-order chi connectivity index (χ0) is 22.8. The van der Waals surface area contributed by atoms with Gasteiger partial charge in [0.05, 0.1) is 6.54 Å². The van der Waals surface area contributed by atoms with E-state index >= 15 is 0 Å². The quantitative estimate of drug-likeness (QED) is 0.312. The fraction of sp³-hybridized carbons (Fsp3) is 0.500. The van der Waals surface area contributed by atoms with E-state index in [1.807, 2.05) is 6.07 Å². The lowest BCUT2D eigenvalue weighted by Crippen LogP contribution is -2.31. The summed E-state index contributed by atoms with van der Waals surface area (Å²) in [6.07, 6.45) is 2.18. The molecule has 1 saturated heterocycles. The van der Waals surface area contributed by atoms with Gasteiger partial charge in [0.2, 0.25) is 5.88 Å². The van der Waals surface area contributed by atoms with Gasteiger partial charge in [-0.1, -0.05) is 43.7 Å². The predicted molar refractivity (Wildman–Crippen MR) is 136 cm³/mol. The molecule has 32 heavy (non-hydrogen) atoms. The third-order valence-corrected chi connectivity index (χ3v) is 5.69. The number of aryl methyl sites for hydroxylation is 1. The normalized spacial score (nSPS) is 13.2. The molecule has 0 radical (unpaired) electrons. The molecule has 1 aliphatic heterocycles. The van der Waals surface area contributed by atoms with Crippen LogP contribution in [0.5, 0.6) is 5.88 Å². The molecule has 0 spiro atoms. The summed E-state index contributed by atoms with van der Waals surface area (Å²) in [6, 6.07) is 12.6. The predicted octanol–water partition coefficient (Wildman–Crippen LogP) is 3.70. The van der Waals surface area contributed by atoms with Crippen molar-refractivity contribution in [2.75, 3.05) is 49.7 Å². The molecule has 2 heterocycles. The summed E-state index contributed by atoms with van der Waals surface area (Å²) < 4.78 is 6.05. The van der Waals surface area contributed by atoms with Gasteiger partial charge in [0.1, 0.15) is 12.4 Å². The van der Waals surface area contributed by atoms with Crippen molar-refractivity contribution < 1.29 is 4.74 Å². The number of rotatable bonds is 13. The first kappa shape index (κ1) is 24.1. The average molecular weight is 457 g/mol. The topological polar surface area (TPSA) is 64.7 Å². The van der Waals surface area contributed by atoms with E-state index in [2.05, 4.69) is 82.1 Å². The van der Waals surface area contributed by atoms with Gasteiger partial charge in [0, 0.05) is 50.5 Å². The highest BCUT2D eigenvalue weighted by atomic mass is 32.1. The van der Waals surface area contributed by atoms with E-state index in [1.165, 1.54) is 11.1 Å². The summed E-state index contributed by atoms with van der Waals surface area (Å²) in [4.78, 5) is 9.19. The van der Waals surface area contributed by atoms with E-state index in [0.717, 1.165) is 62.2 Å². The van der Waals surface area contributed by atoms with Crippen LogP contribution in [0.15, 0.2) is 36.4 Å². The molecular formula is C24H36N6OS. The average Bonchev–Trinajstić information content (AvgIpc) is 3.18. The van der Waals surface area contributed by atoms with E-state index in [0.29, 0.717) is 19.0 Å². The van der Waals surface area contributed by atoms with Gasteiger partial charge in [-0.25, -0.2) is 5.43 Å². The first-order valence-corrected chi connectivity index (χ1v) is 12.0. The Bertz CT molecular complexity index is 871. The second-order valence-corrected chi connectivity index (χ2v) is 8.46. The number of hydrazine groups is 1. The number of aromatic nitrogens is 1. The number of pyridine rings is 1. The lowest BCUT2D eigenvalue weighted by atomic mass is 10.1. The molecule has 1 fully saturated rings. The highest BCUT2D eigenvalue weighted by Crippen LogP contribution is 2.24. The number of anilines is 2. The Balaban J connectivity index is 1.67. The molecule has 0 bridgehead atoms. The van der Waals surface area contributed by atoms with Crippen molar-refractivity contribution in [3.8, 4) is 5.88 Å². The molecule has 1 aromatic heterocycles. The van der Waals surface area contributed by atoms with E-state index in [4.69, 9.17) is 17.0 Å². The summed E-state index contributed by atoms with van der Waals surface area (Å²) in [5.74, 6) is 1.37. The van der Waals surface area contributed by atoms with Gasteiger partial charge in [-0.15, -0.1) is 0 Å². The van der Waals surface area contributed by atoms with Crippen molar-refractivity contribution in [3.05, 3.63) is 47.5 Å². The summed E-state index contributed by atoms with van der Waals surface area (Å²) >= 11 is 5.32. The Hall–Kier alpha value is -2.58. The van der Waals surface area contributed by atoms with Crippen LogP contribution in [0.4, 0.5) is 11.5 Å². The van der Waals surface area contributed by atoms with Crippen LogP contribution in [0.2, 0.25) is 0 Å². The van der Waals surface area contributed by atoms with Crippen LogP contribution in [-0.4, -0.2) is 54.3 Å². The molecule has 8 heteroatoms. The van der Waals surface area contributed by atoms with Crippen LogP contribution >= 0.6 is 12.2 Å². The molecule has 0 saturated carbocycles. The van der Waals surface area contributed by atoms with Crippen LogP contribution in [0.1, 0.15) is 37.8 Å². The fourth-order valence-electron chi connectivity index (χ4n) is 3.77. The summed E-state index contributed by atoms with van der Waals surface area (Å²) in [5.41, 5.74) is 10.1. The Morgan fingerprint density at radius 1 is 1.19 bits per heavy atom. The first-order valence-electron chi connectivity index (χ1n) is 11.6. The molecular weight excluding hydrogens is 420 g/mol. The number of thiocarbonyl (C=S) groups is 1. The van der Waals surface area contributed by atoms with E-state index in [1.54, 1.807) is 0 Å². The molecule has 0 aliphatic carbocycles. The van der Waals surface area contributed by atoms with Gasteiger partial charge in [-0.2, -0.15) is 4.98 Å². The van der Waals surface area contributed by atoms with Gasteiger partial charge in [-0.05, 0) is 37.5 Å². The first-order chi connectivity index (χ1) is 15.6. The number of benzene rings is 1. The van der Waals surface area contributed by atoms with E-state index < -0.39 is 0 Å². The molecule has 1 aromatic carbocycles. The smallest absolute Gasteiger partial charge is 0.217 e. The Morgan fingerprint density at radius 2 is 2.00 bits per heavy atom. The fourth-order valence-corrected chi connectivity index (χ4v) is 4.05. The van der Waals surface area contributed by atoms with Crippen molar-refractivity contribution >= 4 is 28.8 Å². The van der Waals surface area contributed by atoms with E-state index in [-0.39, 0.29) is 0 Å². The SMILES string of the molecule is CCCN(CCC)c1cc(NNCc2cccc(C)c2)nc(OCCN2CCNC2=S)c1. The number of ether oxygens (including phenoxy) is 1. The maximum absolute atomic E-state index is 6.05. The van der Waals surface area contributed by atoms with Gasteiger partial charge in [-0.3, -0.25) is 0 Å². The molecule has 174 valence electrons. The van der Waals surface area contributed by atoms with Gasteiger partial charge < -0.3 is 25.3 Å². The zero-order valence-electron chi connectivity index (χ0n) is 19.5. The van der Waals surface area contributed by atoms with Gasteiger partial charge in [0.15, 0.2) is 5.11 Å². The summed E-state index contributed by atoms with van der Waals surface area (Å²) in [6.45, 7) is 12.3. The van der Waals surface area contributed by atoms with Crippen LogP contribution in [-0.2, 0) is 6.54 Å². The summed E-state index contributed by atoms with van der Waals surface area (Å²) in [5, 5.41) is 3.98. The summed E-state index contributed by atoms with van der Waals surface area (Å²) in [7, 11) is 0. The molecule has 0 atom stereocenters. The maximum Gasteiger partial charge on any atom is 0.217 e. The second kappa shape index (κ2) is 12.5. The highest BCUT2D eigenvalue weighted by Gasteiger charge is 2.16. The monoisotopic (exact) mass is 456 g/mol. The van der Waals surface area contributed by atoms with Crippen molar-refractivity contribution in [1.29, 1.82) is 0 Å². The number of nitrogens with one attached hydrogen (secondary N) is 3. The van der Waals surface area contributed by atoms with Crippen LogP contribution in [0, 0.1) is 6.92 Å². The Morgan fingerprint density at radius 3 is 2.69 bits per heavy atom. The third kappa shape index (κ3) is 7.24. The van der Waals surface area contributed by atoms with Crippen LogP contribution in [0.3, 0.4) is 0 Å². The van der Waals surface area contributed by atoms with Gasteiger partial charge in [0.25, 0.3) is 0 Å². The van der Waals surface area contributed by atoms with Gasteiger partial charge >= 0.3 is 0 Å². The lowest BCUT2D eigenvalue weighted by Gasteiger charge is -2.25. The molecule has 0 unspecified atom stereocenters. The minimum absolute atomic E-state index is 0.538. The molecule has 3 rings (SSSR count). The lowest BCUT2D eigenvalue weighted by molar-refractivity contribution is 0.270. The second-order valence-electron chi connectivity index (χ2n) is 8.07. The maximum atomic E-state index is 6.05. The molecule has 3 N–H and O–H groups in total. The third-order valence-electron chi connectivity index (χ3n) is 5.29. The Kier molecular flexibility index (Phi) is 9.37. The number of hydrogen-bond donors (Lipinski definition) is 3. The molecule has 0 amide bonds. The van der Waals surface area contributed by atoms with Crippen molar-refractivity contribution in [3.63, 3.8) is 0 Å². The van der Waals surface area contributed by atoms with Crippen molar-refractivity contribution in [1.82, 2.24) is 20.6 Å². The largest absolute Gasteiger partial charge is 0.476 e. The van der Waals surface area contributed by atoms with Crippen LogP contribution < -0.4 is 25.8 Å². The van der Waals surface area contributed by atoms with Crippen LogP contribution in [0.25, 0.3) is 0 Å². The molecule has 1 aliphatic rings. The number of hydrogen-bond acceptors (Lipinski definition) is 6. The van der Waals surface area contributed by atoms with E-state index in [9.17, 15) is 0 Å². The molecule has 2 aromatic rings.